The molecular formula is C17H30N2O. The second-order valence-corrected chi connectivity index (χ2v) is 6.71. The third-order valence-electron chi connectivity index (χ3n) is 4.74. The molecule has 0 spiro atoms. The highest BCUT2D eigenvalue weighted by atomic mass is 16.5. The van der Waals surface area contributed by atoms with Crippen LogP contribution in [-0.2, 0) is 4.74 Å². The Balaban J connectivity index is 1.77. The molecule has 2 aliphatic rings. The van der Waals surface area contributed by atoms with Crippen molar-refractivity contribution in [3.05, 3.63) is 0 Å². The van der Waals surface area contributed by atoms with Crippen molar-refractivity contribution in [2.75, 3.05) is 13.2 Å². The van der Waals surface area contributed by atoms with E-state index in [0.717, 1.165) is 6.61 Å². The molecule has 0 heterocycles. The van der Waals surface area contributed by atoms with Gasteiger partial charge in [0.2, 0.25) is 0 Å². The molecule has 0 aromatic heterocycles. The second kappa shape index (κ2) is 7.43. The Bertz CT molecular complexity index is 330. The summed E-state index contributed by atoms with van der Waals surface area (Å²) in [6.07, 6.45) is 9.80. The highest BCUT2D eigenvalue weighted by Gasteiger charge is 2.48. The number of ether oxygens (including phenoxy) is 1. The Labute approximate surface area is 124 Å². The Kier molecular flexibility index (Phi) is 5.86. The van der Waals surface area contributed by atoms with Crippen LogP contribution < -0.4 is 5.32 Å². The minimum atomic E-state index is -0.399. The molecule has 2 aliphatic carbocycles. The van der Waals surface area contributed by atoms with Crippen LogP contribution in [0.4, 0.5) is 0 Å². The molecule has 2 unspecified atom stereocenters. The summed E-state index contributed by atoms with van der Waals surface area (Å²) in [5, 5.41) is 13.2. The molecule has 0 aromatic rings. The summed E-state index contributed by atoms with van der Waals surface area (Å²) in [6, 6.07) is 3.12. The molecule has 20 heavy (non-hydrogen) atoms. The fraction of sp³-hybridized carbons (Fsp3) is 0.941. The zero-order chi connectivity index (χ0) is 14.4. The molecule has 0 radical (unpaired) electrons. The summed E-state index contributed by atoms with van der Waals surface area (Å²) in [7, 11) is 0. The molecule has 3 nitrogen and oxygen atoms in total. The molecule has 2 atom stereocenters. The Morgan fingerprint density at radius 2 is 2.05 bits per heavy atom. The van der Waals surface area contributed by atoms with Gasteiger partial charge in [0.15, 0.2) is 0 Å². The first kappa shape index (κ1) is 15.8. The third kappa shape index (κ3) is 4.46. The third-order valence-corrected chi connectivity index (χ3v) is 4.74. The Morgan fingerprint density at radius 3 is 2.55 bits per heavy atom. The molecule has 0 amide bonds. The first-order chi connectivity index (χ1) is 9.74. The van der Waals surface area contributed by atoms with Crippen LogP contribution in [0.5, 0.6) is 0 Å². The van der Waals surface area contributed by atoms with Crippen molar-refractivity contribution in [2.45, 2.75) is 76.8 Å². The van der Waals surface area contributed by atoms with Gasteiger partial charge in [-0.15, -0.1) is 0 Å². The monoisotopic (exact) mass is 278 g/mol. The number of unbranched alkanes of at least 4 members (excludes halogenated alkanes) is 1. The molecule has 2 rings (SSSR count). The molecule has 0 aromatic carbocycles. The number of nitriles is 1. The quantitative estimate of drug-likeness (QED) is 0.627. The van der Waals surface area contributed by atoms with Crippen molar-refractivity contribution >= 4 is 0 Å². The molecule has 0 aliphatic heterocycles. The summed E-state index contributed by atoms with van der Waals surface area (Å²) in [4.78, 5) is 0. The average molecular weight is 278 g/mol. The van der Waals surface area contributed by atoms with E-state index in [9.17, 15) is 5.26 Å². The normalized spacial score (nSPS) is 23.1. The maximum Gasteiger partial charge on any atom is 0.133 e. The smallest absolute Gasteiger partial charge is 0.133 e. The van der Waals surface area contributed by atoms with Crippen LogP contribution in [0.3, 0.4) is 0 Å². The number of nitrogens with one attached hydrogen (secondary N) is 1. The zero-order valence-corrected chi connectivity index (χ0v) is 13.2. The van der Waals surface area contributed by atoms with E-state index in [0.29, 0.717) is 24.5 Å². The number of hydrogen-bond donors (Lipinski definition) is 1. The van der Waals surface area contributed by atoms with E-state index in [-0.39, 0.29) is 0 Å². The number of rotatable bonds is 11. The van der Waals surface area contributed by atoms with Gasteiger partial charge in [0.1, 0.15) is 5.54 Å². The van der Waals surface area contributed by atoms with Gasteiger partial charge in [-0.1, -0.05) is 33.1 Å². The van der Waals surface area contributed by atoms with Gasteiger partial charge in [0.05, 0.1) is 12.7 Å². The summed E-state index contributed by atoms with van der Waals surface area (Å²) in [6.45, 7) is 5.87. The van der Waals surface area contributed by atoms with E-state index >= 15 is 0 Å². The molecule has 114 valence electrons. The van der Waals surface area contributed by atoms with E-state index in [1.165, 1.54) is 51.4 Å². The van der Waals surface area contributed by atoms with E-state index in [4.69, 9.17) is 4.74 Å². The largest absolute Gasteiger partial charge is 0.378 e. The topological polar surface area (TPSA) is 45.0 Å². The predicted molar refractivity (Wildman–Crippen MR) is 81.4 cm³/mol. The van der Waals surface area contributed by atoms with Gasteiger partial charge in [-0.3, -0.25) is 5.32 Å². The van der Waals surface area contributed by atoms with Crippen LogP contribution >= 0.6 is 0 Å². The maximum absolute atomic E-state index is 9.63. The lowest BCUT2D eigenvalue weighted by Crippen LogP contribution is -2.51. The maximum atomic E-state index is 9.63. The molecule has 2 fully saturated rings. The van der Waals surface area contributed by atoms with Gasteiger partial charge in [-0.2, -0.15) is 5.26 Å². The van der Waals surface area contributed by atoms with Crippen molar-refractivity contribution in [1.29, 1.82) is 5.26 Å². The van der Waals surface area contributed by atoms with Crippen molar-refractivity contribution in [3.8, 4) is 6.07 Å². The van der Waals surface area contributed by atoms with Gasteiger partial charge in [0.25, 0.3) is 0 Å². The van der Waals surface area contributed by atoms with E-state index < -0.39 is 5.54 Å². The fourth-order valence-corrected chi connectivity index (χ4v) is 2.89. The lowest BCUT2D eigenvalue weighted by atomic mass is 9.95. The van der Waals surface area contributed by atoms with Gasteiger partial charge >= 0.3 is 0 Å². The van der Waals surface area contributed by atoms with Gasteiger partial charge in [-0.05, 0) is 43.9 Å². The molecular weight excluding hydrogens is 248 g/mol. The van der Waals surface area contributed by atoms with Crippen LogP contribution in [-0.4, -0.2) is 24.8 Å². The highest BCUT2D eigenvalue weighted by Crippen LogP contribution is 2.41. The summed E-state index contributed by atoms with van der Waals surface area (Å²) >= 11 is 0. The van der Waals surface area contributed by atoms with Gasteiger partial charge < -0.3 is 4.74 Å². The SMILES string of the molecule is CCCCC(CC)COCC(C#N)(NC1CC1)C1CC1. The Morgan fingerprint density at radius 1 is 1.30 bits per heavy atom. The van der Waals surface area contributed by atoms with Crippen LogP contribution in [0.2, 0.25) is 0 Å². The molecule has 2 saturated carbocycles. The zero-order valence-electron chi connectivity index (χ0n) is 13.2. The van der Waals surface area contributed by atoms with Crippen molar-refractivity contribution < 1.29 is 4.74 Å². The van der Waals surface area contributed by atoms with E-state index in [1.807, 2.05) is 0 Å². The summed E-state index contributed by atoms with van der Waals surface area (Å²) < 4.78 is 5.99. The first-order valence-electron chi connectivity index (χ1n) is 8.50. The minimum absolute atomic E-state index is 0.399. The van der Waals surface area contributed by atoms with Crippen LogP contribution in [0.15, 0.2) is 0 Å². The van der Waals surface area contributed by atoms with Gasteiger partial charge in [0, 0.05) is 12.6 Å². The van der Waals surface area contributed by atoms with Crippen molar-refractivity contribution in [2.24, 2.45) is 11.8 Å². The standard InChI is InChI=1S/C17H30N2O/c1-3-5-6-14(4-2)11-20-13-17(12-18,15-7-8-15)19-16-9-10-16/h14-16,19H,3-11,13H2,1-2H3. The van der Waals surface area contributed by atoms with Gasteiger partial charge in [-0.25, -0.2) is 0 Å². The first-order valence-corrected chi connectivity index (χ1v) is 8.50. The van der Waals surface area contributed by atoms with E-state index in [2.05, 4.69) is 25.2 Å². The summed E-state index contributed by atoms with van der Waals surface area (Å²) in [5.74, 6) is 1.18. The molecule has 0 saturated heterocycles. The van der Waals surface area contributed by atoms with Crippen LogP contribution in [0.25, 0.3) is 0 Å². The van der Waals surface area contributed by atoms with Crippen LogP contribution in [0, 0.1) is 23.2 Å². The number of nitrogens with zero attached hydrogens (tertiary/aromatic N) is 1. The highest BCUT2D eigenvalue weighted by molar-refractivity contribution is 5.17. The van der Waals surface area contributed by atoms with Crippen LogP contribution in [0.1, 0.15) is 65.2 Å². The van der Waals surface area contributed by atoms with Crippen molar-refractivity contribution in [3.63, 3.8) is 0 Å². The Hall–Kier alpha value is -0.590. The lowest BCUT2D eigenvalue weighted by molar-refractivity contribution is 0.0523. The lowest BCUT2D eigenvalue weighted by Gasteiger charge is -2.29. The second-order valence-electron chi connectivity index (χ2n) is 6.71. The fourth-order valence-electron chi connectivity index (χ4n) is 2.89. The molecule has 0 bridgehead atoms. The molecule has 1 N–H and O–H groups in total. The minimum Gasteiger partial charge on any atom is -0.378 e. The summed E-state index contributed by atoms with van der Waals surface area (Å²) in [5.41, 5.74) is -0.399. The predicted octanol–water partition coefficient (Wildman–Crippen LogP) is 3.64. The average Bonchev–Trinajstić information content (AvgIpc) is 3.34. The van der Waals surface area contributed by atoms with Crippen molar-refractivity contribution in [1.82, 2.24) is 5.32 Å². The number of hydrogen-bond acceptors (Lipinski definition) is 3. The molecule has 3 heteroatoms. The van der Waals surface area contributed by atoms with E-state index in [1.54, 1.807) is 0 Å².